The molecule has 0 aliphatic rings. The van der Waals surface area contributed by atoms with E-state index in [4.69, 9.17) is 0 Å². The maximum Gasteiger partial charge on any atom is 0.244 e. The van der Waals surface area contributed by atoms with Crippen molar-refractivity contribution in [3.05, 3.63) is 65.2 Å². The third-order valence-corrected chi connectivity index (χ3v) is 5.11. The molecule has 0 aliphatic carbocycles. The maximum absolute atomic E-state index is 13.6. The number of aryl methyl sites for hydroxylation is 1. The summed E-state index contributed by atoms with van der Waals surface area (Å²) in [7, 11) is -4.17. The number of hydrogen-bond donors (Lipinski definition) is 2. The summed E-state index contributed by atoms with van der Waals surface area (Å²) in [6, 6.07) is 8.20. The number of rotatable bonds is 6. The molecule has 0 aromatic heterocycles. The van der Waals surface area contributed by atoms with Gasteiger partial charge in [0.1, 0.15) is 16.5 Å². The SMILES string of the molecule is Cc1cc(CNC(=O)C(C)NS(=O)(=O)c2ccccc2F)ccc1F. The fourth-order valence-electron chi connectivity index (χ4n) is 2.17. The molecule has 2 rings (SSSR count). The van der Waals surface area contributed by atoms with Crippen LogP contribution < -0.4 is 10.0 Å². The lowest BCUT2D eigenvalue weighted by Gasteiger charge is -2.15. The molecule has 2 N–H and O–H groups in total. The zero-order valence-electron chi connectivity index (χ0n) is 13.7. The van der Waals surface area contributed by atoms with Crippen molar-refractivity contribution in [1.29, 1.82) is 0 Å². The van der Waals surface area contributed by atoms with Crippen molar-refractivity contribution in [2.24, 2.45) is 0 Å². The minimum absolute atomic E-state index is 0.117. The molecule has 0 heterocycles. The van der Waals surface area contributed by atoms with Crippen LogP contribution in [-0.2, 0) is 21.4 Å². The number of hydrogen-bond acceptors (Lipinski definition) is 3. The highest BCUT2D eigenvalue weighted by Gasteiger charge is 2.24. The first-order chi connectivity index (χ1) is 11.7. The maximum atomic E-state index is 13.6. The average molecular weight is 368 g/mol. The smallest absolute Gasteiger partial charge is 0.244 e. The normalized spacial score (nSPS) is 12.6. The van der Waals surface area contributed by atoms with Gasteiger partial charge in [-0.25, -0.2) is 17.2 Å². The molecule has 25 heavy (non-hydrogen) atoms. The highest BCUT2D eigenvalue weighted by atomic mass is 32.2. The zero-order valence-corrected chi connectivity index (χ0v) is 14.5. The van der Waals surface area contributed by atoms with Gasteiger partial charge in [-0.2, -0.15) is 4.72 Å². The van der Waals surface area contributed by atoms with Crippen molar-refractivity contribution in [3.8, 4) is 0 Å². The molecule has 8 heteroatoms. The van der Waals surface area contributed by atoms with Gasteiger partial charge in [-0.1, -0.05) is 24.3 Å². The van der Waals surface area contributed by atoms with Crippen LogP contribution in [0.4, 0.5) is 8.78 Å². The van der Waals surface area contributed by atoms with E-state index in [0.29, 0.717) is 11.1 Å². The van der Waals surface area contributed by atoms with Gasteiger partial charge in [0.25, 0.3) is 0 Å². The summed E-state index contributed by atoms with van der Waals surface area (Å²) in [5.74, 6) is -1.83. The summed E-state index contributed by atoms with van der Waals surface area (Å²) >= 11 is 0. The Morgan fingerprint density at radius 2 is 1.80 bits per heavy atom. The molecule has 2 aromatic carbocycles. The second kappa shape index (κ2) is 7.71. The predicted molar refractivity (Wildman–Crippen MR) is 89.2 cm³/mol. The molecule has 134 valence electrons. The highest BCUT2D eigenvalue weighted by Crippen LogP contribution is 2.14. The van der Waals surface area contributed by atoms with Crippen molar-refractivity contribution in [2.45, 2.75) is 31.3 Å². The quantitative estimate of drug-likeness (QED) is 0.821. The van der Waals surface area contributed by atoms with E-state index in [9.17, 15) is 22.0 Å². The largest absolute Gasteiger partial charge is 0.351 e. The fourth-order valence-corrected chi connectivity index (χ4v) is 3.45. The van der Waals surface area contributed by atoms with Crippen LogP contribution in [0.3, 0.4) is 0 Å². The molecule has 1 unspecified atom stereocenters. The lowest BCUT2D eigenvalue weighted by atomic mass is 10.1. The lowest BCUT2D eigenvalue weighted by molar-refractivity contribution is -0.122. The number of carbonyl (C=O) groups is 1. The van der Waals surface area contributed by atoms with E-state index in [1.165, 1.54) is 31.2 Å². The Morgan fingerprint density at radius 1 is 1.12 bits per heavy atom. The van der Waals surface area contributed by atoms with E-state index in [2.05, 4.69) is 10.0 Å². The number of carbonyl (C=O) groups excluding carboxylic acids is 1. The summed E-state index contributed by atoms with van der Waals surface area (Å²) in [5, 5.41) is 2.55. The van der Waals surface area contributed by atoms with Gasteiger partial charge in [0, 0.05) is 6.54 Å². The molecular formula is C17H18F2N2O3S. The average Bonchev–Trinajstić information content (AvgIpc) is 2.55. The first-order valence-electron chi connectivity index (χ1n) is 7.50. The Balaban J connectivity index is 2.00. The standard InChI is InChI=1S/C17H18F2N2O3S/c1-11-9-13(7-8-14(11)18)10-20-17(22)12(2)21-25(23,24)16-6-4-3-5-15(16)19/h3-9,12,21H,10H2,1-2H3,(H,20,22). The number of benzene rings is 2. The first kappa shape index (κ1) is 19.0. The van der Waals surface area contributed by atoms with Crippen molar-refractivity contribution in [1.82, 2.24) is 10.0 Å². The molecule has 0 radical (unpaired) electrons. The molecule has 0 bridgehead atoms. The molecule has 1 atom stereocenters. The molecule has 0 fully saturated rings. The Labute approximate surface area is 145 Å². The topological polar surface area (TPSA) is 75.3 Å². The van der Waals surface area contributed by atoms with Gasteiger partial charge >= 0.3 is 0 Å². The fraction of sp³-hybridized carbons (Fsp3) is 0.235. The number of amides is 1. The Morgan fingerprint density at radius 3 is 2.44 bits per heavy atom. The van der Waals surface area contributed by atoms with Gasteiger partial charge in [-0.3, -0.25) is 4.79 Å². The molecule has 0 aliphatic heterocycles. The van der Waals surface area contributed by atoms with Gasteiger partial charge in [-0.15, -0.1) is 0 Å². The number of sulfonamides is 1. The van der Waals surface area contributed by atoms with Crippen molar-refractivity contribution in [3.63, 3.8) is 0 Å². The summed E-state index contributed by atoms with van der Waals surface area (Å²) < 4.78 is 53.3. The van der Waals surface area contributed by atoms with E-state index in [1.807, 2.05) is 0 Å². The molecule has 0 spiro atoms. The van der Waals surface area contributed by atoms with E-state index in [0.717, 1.165) is 12.1 Å². The summed E-state index contributed by atoms with van der Waals surface area (Å²) in [6.45, 7) is 3.07. The Bertz CT molecular complexity index is 885. The summed E-state index contributed by atoms with van der Waals surface area (Å²) in [6.07, 6.45) is 0. The minimum atomic E-state index is -4.17. The van der Waals surface area contributed by atoms with Gasteiger partial charge in [0.2, 0.25) is 15.9 Å². The van der Waals surface area contributed by atoms with Gasteiger partial charge < -0.3 is 5.32 Å². The number of halogens is 2. The van der Waals surface area contributed by atoms with Crippen LogP contribution >= 0.6 is 0 Å². The van der Waals surface area contributed by atoms with Gasteiger partial charge in [-0.05, 0) is 43.2 Å². The van der Waals surface area contributed by atoms with Crippen LogP contribution in [0.5, 0.6) is 0 Å². The molecule has 5 nitrogen and oxygen atoms in total. The Kier molecular flexibility index (Phi) is 5.86. The van der Waals surface area contributed by atoms with Crippen LogP contribution in [0.1, 0.15) is 18.1 Å². The number of nitrogens with one attached hydrogen (secondary N) is 2. The molecule has 1 amide bonds. The zero-order chi connectivity index (χ0) is 18.6. The van der Waals surface area contributed by atoms with Crippen molar-refractivity contribution in [2.75, 3.05) is 0 Å². The van der Waals surface area contributed by atoms with Crippen LogP contribution in [0.15, 0.2) is 47.4 Å². The first-order valence-corrected chi connectivity index (χ1v) is 8.98. The van der Waals surface area contributed by atoms with Gasteiger partial charge in [0.15, 0.2) is 0 Å². The monoisotopic (exact) mass is 368 g/mol. The molecule has 2 aromatic rings. The van der Waals surface area contributed by atoms with Crippen molar-refractivity contribution >= 4 is 15.9 Å². The Hall–Kier alpha value is -2.32. The minimum Gasteiger partial charge on any atom is -0.351 e. The van der Waals surface area contributed by atoms with Crippen molar-refractivity contribution < 1.29 is 22.0 Å². The summed E-state index contributed by atoms with van der Waals surface area (Å²) in [4.78, 5) is 11.5. The van der Waals surface area contributed by atoms with Crippen LogP contribution in [0, 0.1) is 18.6 Å². The third-order valence-electron chi connectivity index (χ3n) is 3.54. The van der Waals surface area contributed by atoms with E-state index < -0.39 is 32.7 Å². The van der Waals surface area contributed by atoms with Gasteiger partial charge in [0.05, 0.1) is 6.04 Å². The molecular weight excluding hydrogens is 350 g/mol. The third kappa shape index (κ3) is 4.83. The lowest BCUT2D eigenvalue weighted by Crippen LogP contribution is -2.44. The van der Waals surface area contributed by atoms with E-state index in [-0.39, 0.29) is 12.4 Å². The molecule has 0 saturated heterocycles. The van der Waals surface area contributed by atoms with E-state index in [1.54, 1.807) is 13.0 Å². The van der Waals surface area contributed by atoms with E-state index >= 15 is 0 Å². The van der Waals surface area contributed by atoms with Crippen LogP contribution in [0.2, 0.25) is 0 Å². The highest BCUT2D eigenvalue weighted by molar-refractivity contribution is 7.89. The second-order valence-electron chi connectivity index (χ2n) is 5.57. The van der Waals surface area contributed by atoms with Crippen LogP contribution in [0.25, 0.3) is 0 Å². The molecule has 0 saturated carbocycles. The van der Waals surface area contributed by atoms with Crippen LogP contribution in [-0.4, -0.2) is 20.4 Å². The second-order valence-corrected chi connectivity index (χ2v) is 7.26. The summed E-state index contributed by atoms with van der Waals surface area (Å²) in [5.41, 5.74) is 1.12. The predicted octanol–water partition coefficient (Wildman–Crippen LogP) is 2.26.